The summed E-state index contributed by atoms with van der Waals surface area (Å²) in [6, 6.07) is 9.69. The lowest BCUT2D eigenvalue weighted by atomic mass is 10.1. The number of esters is 1. The molecular weight excluding hydrogens is 429 g/mol. The molecule has 9 heteroatoms. The highest BCUT2D eigenvalue weighted by Crippen LogP contribution is 2.28. The average molecular weight is 455 g/mol. The van der Waals surface area contributed by atoms with E-state index in [9.17, 15) is 23.6 Å². The lowest BCUT2D eigenvalue weighted by Crippen LogP contribution is -2.40. The fourth-order valence-electron chi connectivity index (χ4n) is 3.55. The van der Waals surface area contributed by atoms with Gasteiger partial charge in [0.15, 0.2) is 0 Å². The number of ether oxygens (including phenoxy) is 1. The molecule has 0 unspecified atom stereocenters. The highest BCUT2D eigenvalue weighted by molar-refractivity contribution is 6.22. The van der Waals surface area contributed by atoms with Gasteiger partial charge in [0.2, 0.25) is 5.91 Å². The molecule has 1 aliphatic rings. The van der Waals surface area contributed by atoms with Crippen LogP contribution < -0.4 is 10.2 Å². The van der Waals surface area contributed by atoms with Gasteiger partial charge in [-0.15, -0.1) is 0 Å². The molecule has 0 saturated carbocycles. The standard InChI is InChI=1S/C24H26FN3O5/c1-4-33-23(31)16-5-9-18(10-6-16)26-21(29)13-20-22(30)28(19-11-7-17(25)8-12-19)24(32)27(20)14-15(2)3/h5-12,15,20H,4,13-14H2,1-3H3,(H,26,29)/t20-/m1/s1. The van der Waals surface area contributed by atoms with Crippen molar-refractivity contribution in [1.29, 1.82) is 0 Å². The maximum Gasteiger partial charge on any atom is 0.338 e. The average Bonchev–Trinajstić information content (AvgIpc) is 2.98. The summed E-state index contributed by atoms with van der Waals surface area (Å²) in [6.07, 6.45) is -0.241. The van der Waals surface area contributed by atoms with Gasteiger partial charge < -0.3 is 15.0 Å². The van der Waals surface area contributed by atoms with E-state index in [-0.39, 0.29) is 31.2 Å². The van der Waals surface area contributed by atoms with Crippen molar-refractivity contribution in [1.82, 2.24) is 4.90 Å². The van der Waals surface area contributed by atoms with Gasteiger partial charge in [0.25, 0.3) is 5.91 Å². The maximum absolute atomic E-state index is 13.3. The summed E-state index contributed by atoms with van der Waals surface area (Å²) in [5, 5.41) is 2.69. The van der Waals surface area contributed by atoms with Crippen LogP contribution in [-0.4, -0.2) is 47.9 Å². The second-order valence-corrected chi connectivity index (χ2v) is 8.04. The first-order valence-electron chi connectivity index (χ1n) is 10.7. The van der Waals surface area contributed by atoms with Crippen LogP contribution in [0.5, 0.6) is 0 Å². The second kappa shape index (κ2) is 10.2. The lowest BCUT2D eigenvalue weighted by Gasteiger charge is -2.23. The zero-order valence-corrected chi connectivity index (χ0v) is 18.7. The smallest absolute Gasteiger partial charge is 0.338 e. The number of rotatable bonds is 8. The quantitative estimate of drug-likeness (QED) is 0.482. The minimum atomic E-state index is -0.983. The number of benzene rings is 2. The summed E-state index contributed by atoms with van der Waals surface area (Å²) in [4.78, 5) is 52.9. The Morgan fingerprint density at radius 3 is 2.27 bits per heavy atom. The van der Waals surface area contributed by atoms with Crippen LogP contribution in [0.15, 0.2) is 48.5 Å². The van der Waals surface area contributed by atoms with Gasteiger partial charge >= 0.3 is 12.0 Å². The van der Waals surface area contributed by atoms with Crippen molar-refractivity contribution in [2.24, 2.45) is 5.92 Å². The summed E-state index contributed by atoms with van der Waals surface area (Å²) in [5.41, 5.74) is 1.04. The zero-order valence-electron chi connectivity index (χ0n) is 18.7. The molecule has 1 N–H and O–H groups in total. The van der Waals surface area contributed by atoms with Crippen LogP contribution >= 0.6 is 0 Å². The number of urea groups is 1. The van der Waals surface area contributed by atoms with E-state index in [0.717, 1.165) is 4.90 Å². The number of halogens is 1. The van der Waals surface area contributed by atoms with Crippen LogP contribution in [0.3, 0.4) is 0 Å². The van der Waals surface area contributed by atoms with Gasteiger partial charge in [-0.25, -0.2) is 18.9 Å². The Morgan fingerprint density at radius 2 is 1.70 bits per heavy atom. The predicted molar refractivity (Wildman–Crippen MR) is 120 cm³/mol. The van der Waals surface area contributed by atoms with Crippen molar-refractivity contribution < 1.29 is 28.3 Å². The van der Waals surface area contributed by atoms with Crippen LogP contribution in [0.1, 0.15) is 37.6 Å². The second-order valence-electron chi connectivity index (χ2n) is 8.04. The minimum Gasteiger partial charge on any atom is -0.462 e. The lowest BCUT2D eigenvalue weighted by molar-refractivity contribution is -0.124. The Morgan fingerprint density at radius 1 is 1.06 bits per heavy atom. The number of nitrogens with zero attached hydrogens (tertiary/aromatic N) is 2. The molecule has 2 aromatic carbocycles. The summed E-state index contributed by atoms with van der Waals surface area (Å²) in [5.74, 6) is -1.88. The molecule has 3 rings (SSSR count). The Balaban J connectivity index is 1.74. The Kier molecular flexibility index (Phi) is 7.42. The largest absolute Gasteiger partial charge is 0.462 e. The van der Waals surface area contributed by atoms with E-state index in [4.69, 9.17) is 4.74 Å². The molecule has 2 aromatic rings. The predicted octanol–water partition coefficient (Wildman–Crippen LogP) is 3.82. The van der Waals surface area contributed by atoms with Crippen LogP contribution in [0.25, 0.3) is 0 Å². The monoisotopic (exact) mass is 455 g/mol. The SMILES string of the molecule is CCOC(=O)c1ccc(NC(=O)C[C@@H]2C(=O)N(c3ccc(F)cc3)C(=O)N2CC(C)C)cc1. The first-order valence-corrected chi connectivity index (χ1v) is 10.7. The highest BCUT2D eigenvalue weighted by atomic mass is 19.1. The van der Waals surface area contributed by atoms with Gasteiger partial charge in [0.05, 0.1) is 24.3 Å². The normalized spacial score (nSPS) is 15.8. The molecule has 4 amide bonds. The number of imide groups is 1. The van der Waals surface area contributed by atoms with Crippen molar-refractivity contribution in [3.05, 3.63) is 59.9 Å². The Labute approximate surface area is 191 Å². The van der Waals surface area contributed by atoms with Crippen LogP contribution in [0.4, 0.5) is 20.6 Å². The van der Waals surface area contributed by atoms with Crippen molar-refractivity contribution in [2.45, 2.75) is 33.2 Å². The first kappa shape index (κ1) is 23.9. The number of amides is 4. The number of carbonyl (C=O) groups excluding carboxylic acids is 4. The minimum absolute atomic E-state index is 0.0656. The molecule has 174 valence electrons. The third kappa shape index (κ3) is 5.54. The topological polar surface area (TPSA) is 96.0 Å². The third-order valence-electron chi connectivity index (χ3n) is 5.02. The molecule has 33 heavy (non-hydrogen) atoms. The number of anilines is 2. The summed E-state index contributed by atoms with van der Waals surface area (Å²) >= 11 is 0. The Hall–Kier alpha value is -3.75. The molecule has 1 heterocycles. The van der Waals surface area contributed by atoms with Crippen molar-refractivity contribution in [2.75, 3.05) is 23.4 Å². The molecule has 1 atom stereocenters. The van der Waals surface area contributed by atoms with Crippen molar-refractivity contribution >= 4 is 35.2 Å². The van der Waals surface area contributed by atoms with Crippen LogP contribution in [0.2, 0.25) is 0 Å². The van der Waals surface area contributed by atoms with E-state index in [2.05, 4.69) is 5.32 Å². The molecule has 8 nitrogen and oxygen atoms in total. The fraction of sp³-hybridized carbons (Fsp3) is 0.333. The van der Waals surface area contributed by atoms with Gasteiger partial charge in [-0.1, -0.05) is 13.8 Å². The van der Waals surface area contributed by atoms with Crippen molar-refractivity contribution in [3.63, 3.8) is 0 Å². The van der Waals surface area contributed by atoms with E-state index in [0.29, 0.717) is 11.3 Å². The zero-order chi connectivity index (χ0) is 24.1. The molecule has 0 aliphatic carbocycles. The Bertz CT molecular complexity index is 1040. The molecule has 1 saturated heterocycles. The van der Waals surface area contributed by atoms with Gasteiger partial charge in [0.1, 0.15) is 11.9 Å². The van der Waals surface area contributed by atoms with E-state index >= 15 is 0 Å². The van der Waals surface area contributed by atoms with Gasteiger partial charge in [-0.05, 0) is 61.4 Å². The van der Waals surface area contributed by atoms with Gasteiger partial charge in [0, 0.05) is 12.2 Å². The van der Waals surface area contributed by atoms with Gasteiger partial charge in [-0.2, -0.15) is 0 Å². The molecule has 1 aliphatic heterocycles. The maximum atomic E-state index is 13.3. The summed E-state index contributed by atoms with van der Waals surface area (Å²) in [6.45, 7) is 6.06. The van der Waals surface area contributed by atoms with Crippen LogP contribution in [-0.2, 0) is 14.3 Å². The molecule has 1 fully saturated rings. The summed E-state index contributed by atoms with van der Waals surface area (Å²) in [7, 11) is 0. The molecule has 0 bridgehead atoms. The molecule has 0 aromatic heterocycles. The molecular formula is C24H26FN3O5. The number of carbonyl (C=O) groups is 4. The first-order chi connectivity index (χ1) is 15.7. The highest BCUT2D eigenvalue weighted by Gasteiger charge is 2.46. The van der Waals surface area contributed by atoms with Gasteiger partial charge in [-0.3, -0.25) is 9.59 Å². The van der Waals surface area contributed by atoms with Crippen molar-refractivity contribution in [3.8, 4) is 0 Å². The van der Waals surface area contributed by atoms with E-state index < -0.39 is 35.7 Å². The molecule has 0 radical (unpaired) electrons. The van der Waals surface area contributed by atoms with Crippen LogP contribution in [0, 0.1) is 11.7 Å². The number of hydrogen-bond donors (Lipinski definition) is 1. The molecule has 0 spiro atoms. The number of hydrogen-bond acceptors (Lipinski definition) is 5. The van der Waals surface area contributed by atoms with E-state index in [1.54, 1.807) is 19.1 Å². The summed E-state index contributed by atoms with van der Waals surface area (Å²) < 4.78 is 18.2. The van der Waals surface area contributed by atoms with E-state index in [1.165, 1.54) is 41.3 Å². The number of nitrogens with one attached hydrogen (secondary N) is 1. The van der Waals surface area contributed by atoms with E-state index in [1.807, 2.05) is 13.8 Å². The third-order valence-corrected chi connectivity index (χ3v) is 5.02. The fourth-order valence-corrected chi connectivity index (χ4v) is 3.55.